The Morgan fingerprint density at radius 2 is 2.33 bits per heavy atom. The van der Waals surface area contributed by atoms with Crippen LogP contribution >= 0.6 is 35.3 Å². The second kappa shape index (κ2) is 9.61. The maximum absolute atomic E-state index is 6.07. The number of guanidine groups is 1. The topological polar surface area (TPSA) is 54.5 Å². The lowest BCUT2D eigenvalue weighted by Gasteiger charge is -2.31. The predicted octanol–water partition coefficient (Wildman–Crippen LogP) is 3.44. The van der Waals surface area contributed by atoms with E-state index >= 15 is 0 Å². The molecule has 0 radical (unpaired) electrons. The Morgan fingerprint density at radius 1 is 1.52 bits per heavy atom. The molecule has 6 heteroatoms. The monoisotopic (exact) mass is 422 g/mol. The van der Waals surface area contributed by atoms with Gasteiger partial charge in [-0.1, -0.05) is 6.92 Å². The third-order valence-corrected chi connectivity index (χ3v) is 4.75. The van der Waals surface area contributed by atoms with Crippen LogP contribution in [0.1, 0.15) is 43.3 Å². The number of aryl methyl sites for hydroxylation is 2. The van der Waals surface area contributed by atoms with Crippen molar-refractivity contribution < 1.29 is 0 Å². The van der Waals surface area contributed by atoms with Gasteiger partial charge in [-0.15, -0.1) is 35.3 Å². The lowest BCUT2D eigenvalue weighted by atomic mass is 10.0. The fourth-order valence-electron chi connectivity index (χ4n) is 2.60. The molecule has 1 aromatic heterocycles. The van der Waals surface area contributed by atoms with E-state index in [0.29, 0.717) is 0 Å². The number of unbranched alkanes of at least 4 members (excludes halogenated alkanes) is 1. The minimum atomic E-state index is 0. The number of aromatic nitrogens is 1. The normalized spacial score (nSPS) is 19.4. The third-order valence-electron chi connectivity index (χ3n) is 3.72. The summed E-state index contributed by atoms with van der Waals surface area (Å²) in [5, 5.41) is 3.35. The fraction of sp³-hybridized carbons (Fsp3) is 0.733. The number of hydrogen-bond acceptors (Lipinski definition) is 3. The van der Waals surface area contributed by atoms with Crippen LogP contribution in [-0.4, -0.2) is 35.5 Å². The second-order valence-corrected chi connectivity index (χ2v) is 6.72. The van der Waals surface area contributed by atoms with E-state index in [2.05, 4.69) is 27.2 Å². The van der Waals surface area contributed by atoms with Gasteiger partial charge in [0.25, 0.3) is 0 Å². The van der Waals surface area contributed by atoms with Gasteiger partial charge in [0.1, 0.15) is 0 Å². The molecule has 21 heavy (non-hydrogen) atoms. The molecule has 1 atom stereocenters. The number of halogens is 1. The van der Waals surface area contributed by atoms with Crippen LogP contribution in [0, 0.1) is 12.8 Å². The van der Waals surface area contributed by atoms with E-state index in [1.54, 1.807) is 11.3 Å². The molecule has 2 rings (SSSR count). The molecule has 0 aliphatic carbocycles. The molecule has 120 valence electrons. The number of piperidine rings is 1. The lowest BCUT2D eigenvalue weighted by Crippen LogP contribution is -2.43. The molecule has 1 aliphatic heterocycles. The molecular weight excluding hydrogens is 395 g/mol. The number of nitrogens with zero attached hydrogens (tertiary/aromatic N) is 3. The summed E-state index contributed by atoms with van der Waals surface area (Å²) in [7, 11) is 0. The van der Waals surface area contributed by atoms with Crippen LogP contribution in [0.25, 0.3) is 0 Å². The maximum atomic E-state index is 6.07. The van der Waals surface area contributed by atoms with Crippen molar-refractivity contribution in [3.63, 3.8) is 0 Å². The number of likely N-dealkylation sites (tertiary alicyclic amines) is 1. The van der Waals surface area contributed by atoms with E-state index in [0.717, 1.165) is 56.5 Å². The largest absolute Gasteiger partial charge is 0.370 e. The van der Waals surface area contributed by atoms with Crippen LogP contribution in [0.3, 0.4) is 0 Å². The molecule has 2 N–H and O–H groups in total. The van der Waals surface area contributed by atoms with Gasteiger partial charge >= 0.3 is 0 Å². The first-order valence-electron chi connectivity index (χ1n) is 7.61. The molecular formula is C15H27IN4S. The average Bonchev–Trinajstić information content (AvgIpc) is 2.84. The van der Waals surface area contributed by atoms with Crippen molar-refractivity contribution in [2.75, 3.05) is 19.6 Å². The molecule has 0 aromatic carbocycles. The molecule has 1 unspecified atom stereocenters. The lowest BCUT2D eigenvalue weighted by molar-refractivity contribution is 0.270. The molecule has 1 aromatic rings. The van der Waals surface area contributed by atoms with Gasteiger partial charge in [0.15, 0.2) is 5.96 Å². The van der Waals surface area contributed by atoms with Crippen molar-refractivity contribution in [2.24, 2.45) is 16.6 Å². The molecule has 0 bridgehead atoms. The number of thiazole rings is 1. The van der Waals surface area contributed by atoms with E-state index in [1.807, 2.05) is 6.92 Å². The van der Waals surface area contributed by atoms with Crippen LogP contribution in [0.15, 0.2) is 10.4 Å². The van der Waals surface area contributed by atoms with Gasteiger partial charge < -0.3 is 10.6 Å². The summed E-state index contributed by atoms with van der Waals surface area (Å²) < 4.78 is 0. The first-order valence-corrected chi connectivity index (χ1v) is 8.49. The van der Waals surface area contributed by atoms with E-state index in [9.17, 15) is 0 Å². The zero-order valence-corrected chi connectivity index (χ0v) is 16.2. The molecule has 0 saturated carbocycles. The predicted molar refractivity (Wildman–Crippen MR) is 102 cm³/mol. The van der Waals surface area contributed by atoms with Crippen molar-refractivity contribution in [3.8, 4) is 0 Å². The molecule has 1 fully saturated rings. The average molecular weight is 422 g/mol. The molecule has 2 heterocycles. The second-order valence-electron chi connectivity index (χ2n) is 5.77. The van der Waals surface area contributed by atoms with Gasteiger partial charge in [0, 0.05) is 30.7 Å². The summed E-state index contributed by atoms with van der Waals surface area (Å²) in [6.45, 7) is 7.30. The fourth-order valence-corrected chi connectivity index (χ4v) is 3.41. The van der Waals surface area contributed by atoms with Crippen molar-refractivity contribution in [1.29, 1.82) is 0 Å². The number of aliphatic imine (C=N–C) groups is 1. The van der Waals surface area contributed by atoms with Crippen LogP contribution < -0.4 is 5.73 Å². The number of nitrogens with two attached hydrogens (primary N) is 1. The Bertz CT molecular complexity index is 447. The Kier molecular flexibility index (Phi) is 8.55. The molecule has 0 spiro atoms. The van der Waals surface area contributed by atoms with Gasteiger partial charge in [0.2, 0.25) is 0 Å². The smallest absolute Gasteiger partial charge is 0.191 e. The van der Waals surface area contributed by atoms with Crippen LogP contribution in [0.4, 0.5) is 0 Å². The van der Waals surface area contributed by atoms with Gasteiger partial charge in [0.05, 0.1) is 5.01 Å². The summed E-state index contributed by atoms with van der Waals surface area (Å²) >= 11 is 1.76. The van der Waals surface area contributed by atoms with Crippen LogP contribution in [0.5, 0.6) is 0 Å². The van der Waals surface area contributed by atoms with Crippen molar-refractivity contribution in [2.45, 2.75) is 46.0 Å². The van der Waals surface area contributed by atoms with E-state index in [4.69, 9.17) is 5.73 Å². The van der Waals surface area contributed by atoms with Crippen LogP contribution in [0.2, 0.25) is 0 Å². The van der Waals surface area contributed by atoms with Gasteiger partial charge in [-0.05, 0) is 44.9 Å². The van der Waals surface area contributed by atoms with Gasteiger partial charge in [-0.3, -0.25) is 4.99 Å². The first-order chi connectivity index (χ1) is 9.65. The molecule has 1 saturated heterocycles. The highest BCUT2D eigenvalue weighted by atomic mass is 127. The van der Waals surface area contributed by atoms with Gasteiger partial charge in [-0.2, -0.15) is 0 Å². The van der Waals surface area contributed by atoms with Gasteiger partial charge in [-0.25, -0.2) is 4.98 Å². The zero-order valence-electron chi connectivity index (χ0n) is 13.0. The SMILES string of the molecule is Cc1csc(CCCCN=C(N)N2CCCC(C)C2)n1.I. The summed E-state index contributed by atoms with van der Waals surface area (Å²) in [6.07, 6.45) is 5.84. The Hall–Kier alpha value is -0.370. The van der Waals surface area contributed by atoms with E-state index in [1.165, 1.54) is 17.8 Å². The summed E-state index contributed by atoms with van der Waals surface area (Å²) in [5.74, 6) is 1.48. The quantitative estimate of drug-likeness (QED) is 0.342. The summed E-state index contributed by atoms with van der Waals surface area (Å²) in [4.78, 5) is 11.2. The zero-order chi connectivity index (χ0) is 14.4. The van der Waals surface area contributed by atoms with E-state index < -0.39 is 0 Å². The Labute approximate surface area is 149 Å². The van der Waals surface area contributed by atoms with Crippen molar-refractivity contribution in [1.82, 2.24) is 9.88 Å². The standard InChI is InChI=1S/C15H26N4S.HI/c1-12-6-5-9-19(10-12)15(16)17-8-4-3-7-14-18-13(2)11-20-14;/h11-12H,3-10H2,1-2H3,(H2,16,17);1H. The minimum Gasteiger partial charge on any atom is -0.370 e. The third kappa shape index (κ3) is 6.50. The Morgan fingerprint density at radius 3 is 3.00 bits per heavy atom. The Balaban J connectivity index is 0.00000220. The van der Waals surface area contributed by atoms with E-state index in [-0.39, 0.29) is 24.0 Å². The number of rotatable bonds is 5. The van der Waals surface area contributed by atoms with Crippen molar-refractivity contribution >= 4 is 41.3 Å². The number of hydrogen-bond donors (Lipinski definition) is 1. The van der Waals surface area contributed by atoms with Crippen molar-refractivity contribution in [3.05, 3.63) is 16.1 Å². The molecule has 0 amide bonds. The highest BCUT2D eigenvalue weighted by Gasteiger charge is 2.17. The molecule has 4 nitrogen and oxygen atoms in total. The molecule has 1 aliphatic rings. The van der Waals surface area contributed by atoms with Crippen LogP contribution in [-0.2, 0) is 6.42 Å². The summed E-state index contributed by atoms with van der Waals surface area (Å²) in [5.41, 5.74) is 7.20. The maximum Gasteiger partial charge on any atom is 0.191 e. The highest BCUT2D eigenvalue weighted by molar-refractivity contribution is 14.0. The summed E-state index contributed by atoms with van der Waals surface area (Å²) in [6, 6.07) is 0. The minimum absolute atomic E-state index is 0. The first kappa shape index (κ1) is 18.7. The highest BCUT2D eigenvalue weighted by Crippen LogP contribution is 2.15.